The molecule has 3 unspecified atom stereocenters. The van der Waals surface area contributed by atoms with E-state index in [9.17, 15) is 0 Å². The van der Waals surface area contributed by atoms with Crippen LogP contribution >= 0.6 is 0 Å². The van der Waals surface area contributed by atoms with Gasteiger partial charge in [0.1, 0.15) is 0 Å². The van der Waals surface area contributed by atoms with Gasteiger partial charge in [0.2, 0.25) is 0 Å². The van der Waals surface area contributed by atoms with Crippen LogP contribution in [0.1, 0.15) is 65.2 Å². The SMILES string of the molecule is CCCCC(CC)COC1COCCC1C1CCC1. The van der Waals surface area contributed by atoms with E-state index in [1.54, 1.807) is 0 Å². The summed E-state index contributed by atoms with van der Waals surface area (Å²) in [5.74, 6) is 2.47. The fourth-order valence-electron chi connectivity index (χ4n) is 3.47. The van der Waals surface area contributed by atoms with Crippen molar-refractivity contribution in [1.29, 1.82) is 0 Å². The van der Waals surface area contributed by atoms with Crippen molar-refractivity contribution in [2.45, 2.75) is 71.3 Å². The Morgan fingerprint density at radius 1 is 1.21 bits per heavy atom. The molecule has 0 aromatic rings. The standard InChI is InChI=1S/C17H32O2/c1-3-5-7-14(4-2)12-19-17-13-18-11-10-16(17)15-8-6-9-15/h14-17H,3-13H2,1-2H3. The third-order valence-corrected chi connectivity index (χ3v) is 5.20. The molecule has 1 aliphatic heterocycles. The first-order valence-electron chi connectivity index (χ1n) is 8.54. The van der Waals surface area contributed by atoms with Crippen molar-refractivity contribution < 1.29 is 9.47 Å². The van der Waals surface area contributed by atoms with E-state index in [-0.39, 0.29) is 0 Å². The summed E-state index contributed by atoms with van der Waals surface area (Å²) < 4.78 is 11.9. The molecule has 2 nitrogen and oxygen atoms in total. The Morgan fingerprint density at radius 3 is 2.68 bits per heavy atom. The first kappa shape index (κ1) is 15.3. The second-order valence-corrected chi connectivity index (χ2v) is 6.51. The lowest BCUT2D eigenvalue weighted by Crippen LogP contribution is -2.41. The molecule has 0 radical (unpaired) electrons. The highest BCUT2D eigenvalue weighted by molar-refractivity contribution is 4.85. The molecular weight excluding hydrogens is 236 g/mol. The van der Waals surface area contributed by atoms with E-state index in [1.807, 2.05) is 0 Å². The lowest BCUT2D eigenvalue weighted by atomic mass is 9.72. The molecular formula is C17H32O2. The normalized spacial score (nSPS) is 30.0. The van der Waals surface area contributed by atoms with Gasteiger partial charge in [-0.3, -0.25) is 0 Å². The molecule has 1 aliphatic carbocycles. The van der Waals surface area contributed by atoms with Crippen molar-refractivity contribution in [3.05, 3.63) is 0 Å². The van der Waals surface area contributed by atoms with Crippen LogP contribution in [0.15, 0.2) is 0 Å². The monoisotopic (exact) mass is 268 g/mol. The smallest absolute Gasteiger partial charge is 0.0840 e. The summed E-state index contributed by atoms with van der Waals surface area (Å²) >= 11 is 0. The Labute approximate surface area is 119 Å². The van der Waals surface area contributed by atoms with E-state index >= 15 is 0 Å². The van der Waals surface area contributed by atoms with Gasteiger partial charge in [-0.05, 0) is 30.6 Å². The van der Waals surface area contributed by atoms with Crippen LogP contribution in [0.4, 0.5) is 0 Å². The number of hydrogen-bond donors (Lipinski definition) is 0. The van der Waals surface area contributed by atoms with Crippen molar-refractivity contribution >= 4 is 0 Å². The minimum absolute atomic E-state index is 0.384. The summed E-state index contributed by atoms with van der Waals surface area (Å²) in [6, 6.07) is 0. The van der Waals surface area contributed by atoms with Gasteiger partial charge in [0.05, 0.1) is 12.7 Å². The van der Waals surface area contributed by atoms with Crippen LogP contribution in [0.3, 0.4) is 0 Å². The van der Waals surface area contributed by atoms with Crippen LogP contribution in [-0.4, -0.2) is 25.9 Å². The lowest BCUT2D eigenvalue weighted by Gasteiger charge is -2.41. The Hall–Kier alpha value is -0.0800. The Balaban J connectivity index is 1.74. The van der Waals surface area contributed by atoms with Crippen LogP contribution in [0, 0.1) is 17.8 Å². The molecule has 0 bridgehead atoms. The van der Waals surface area contributed by atoms with Crippen molar-refractivity contribution in [2.75, 3.05) is 19.8 Å². The van der Waals surface area contributed by atoms with Gasteiger partial charge in [0.25, 0.3) is 0 Å². The molecule has 3 atom stereocenters. The molecule has 1 saturated heterocycles. The average Bonchev–Trinajstić information content (AvgIpc) is 2.39. The van der Waals surface area contributed by atoms with E-state index in [2.05, 4.69) is 13.8 Å². The molecule has 0 spiro atoms. The highest BCUT2D eigenvalue weighted by atomic mass is 16.5. The summed E-state index contributed by atoms with van der Waals surface area (Å²) in [5, 5.41) is 0. The zero-order chi connectivity index (χ0) is 13.5. The van der Waals surface area contributed by atoms with E-state index in [4.69, 9.17) is 9.47 Å². The maximum absolute atomic E-state index is 6.28. The predicted octanol–water partition coefficient (Wildman–Crippen LogP) is 4.42. The third kappa shape index (κ3) is 4.46. The molecule has 1 heterocycles. The number of rotatable bonds is 8. The van der Waals surface area contributed by atoms with Gasteiger partial charge in [-0.1, -0.05) is 52.4 Å². The van der Waals surface area contributed by atoms with Gasteiger partial charge in [0.15, 0.2) is 0 Å². The van der Waals surface area contributed by atoms with E-state index in [1.165, 1.54) is 51.4 Å². The van der Waals surface area contributed by atoms with Gasteiger partial charge in [-0.25, -0.2) is 0 Å². The van der Waals surface area contributed by atoms with Gasteiger partial charge >= 0.3 is 0 Å². The lowest BCUT2D eigenvalue weighted by molar-refractivity contribution is -0.115. The topological polar surface area (TPSA) is 18.5 Å². The summed E-state index contributed by atoms with van der Waals surface area (Å²) in [7, 11) is 0. The molecule has 0 N–H and O–H groups in total. The van der Waals surface area contributed by atoms with E-state index in [0.29, 0.717) is 6.10 Å². The van der Waals surface area contributed by atoms with Gasteiger partial charge < -0.3 is 9.47 Å². The van der Waals surface area contributed by atoms with Crippen LogP contribution in [-0.2, 0) is 9.47 Å². The van der Waals surface area contributed by atoms with Crippen molar-refractivity contribution in [2.24, 2.45) is 17.8 Å². The predicted molar refractivity (Wildman–Crippen MR) is 79.3 cm³/mol. The van der Waals surface area contributed by atoms with Crippen molar-refractivity contribution in [1.82, 2.24) is 0 Å². The van der Waals surface area contributed by atoms with Crippen LogP contribution in [0.5, 0.6) is 0 Å². The van der Waals surface area contributed by atoms with Gasteiger partial charge in [-0.15, -0.1) is 0 Å². The van der Waals surface area contributed by atoms with Crippen LogP contribution < -0.4 is 0 Å². The van der Waals surface area contributed by atoms with Crippen molar-refractivity contribution in [3.63, 3.8) is 0 Å². The minimum Gasteiger partial charge on any atom is -0.379 e. The van der Waals surface area contributed by atoms with Gasteiger partial charge in [-0.2, -0.15) is 0 Å². The fraction of sp³-hybridized carbons (Fsp3) is 1.00. The van der Waals surface area contributed by atoms with E-state index in [0.717, 1.165) is 37.6 Å². The van der Waals surface area contributed by atoms with Crippen LogP contribution in [0.2, 0.25) is 0 Å². The average molecular weight is 268 g/mol. The summed E-state index contributed by atoms with van der Waals surface area (Å²) in [4.78, 5) is 0. The molecule has 0 aromatic carbocycles. The minimum atomic E-state index is 0.384. The molecule has 2 heteroatoms. The van der Waals surface area contributed by atoms with Crippen molar-refractivity contribution in [3.8, 4) is 0 Å². The second kappa shape index (κ2) is 8.26. The second-order valence-electron chi connectivity index (χ2n) is 6.51. The summed E-state index contributed by atoms with van der Waals surface area (Å²) in [6.45, 7) is 7.31. The van der Waals surface area contributed by atoms with Gasteiger partial charge in [0, 0.05) is 13.2 Å². The Kier molecular flexibility index (Phi) is 6.66. The first-order chi connectivity index (χ1) is 9.35. The zero-order valence-corrected chi connectivity index (χ0v) is 12.9. The number of unbranched alkanes of at least 4 members (excludes halogenated alkanes) is 1. The Bertz CT molecular complexity index is 237. The first-order valence-corrected chi connectivity index (χ1v) is 8.54. The third-order valence-electron chi connectivity index (χ3n) is 5.20. The quantitative estimate of drug-likeness (QED) is 0.648. The number of hydrogen-bond acceptors (Lipinski definition) is 2. The zero-order valence-electron chi connectivity index (χ0n) is 12.9. The molecule has 19 heavy (non-hydrogen) atoms. The fourth-order valence-corrected chi connectivity index (χ4v) is 3.47. The van der Waals surface area contributed by atoms with E-state index < -0.39 is 0 Å². The molecule has 0 aromatic heterocycles. The Morgan fingerprint density at radius 2 is 2.05 bits per heavy atom. The largest absolute Gasteiger partial charge is 0.379 e. The molecule has 2 fully saturated rings. The number of ether oxygens (including phenoxy) is 2. The summed E-state index contributed by atoms with van der Waals surface area (Å²) in [6.07, 6.45) is 11.1. The highest BCUT2D eigenvalue weighted by Gasteiger charge is 2.36. The molecule has 0 amide bonds. The van der Waals surface area contributed by atoms with Crippen LogP contribution in [0.25, 0.3) is 0 Å². The molecule has 1 saturated carbocycles. The maximum Gasteiger partial charge on any atom is 0.0840 e. The molecule has 112 valence electrons. The maximum atomic E-state index is 6.28. The highest BCUT2D eigenvalue weighted by Crippen LogP contribution is 2.39. The summed E-state index contributed by atoms with van der Waals surface area (Å²) in [5.41, 5.74) is 0. The molecule has 2 aliphatic rings. The molecule has 2 rings (SSSR count).